The number of rotatable bonds is 3. The highest BCUT2D eigenvalue weighted by Gasteiger charge is 2.17. The Morgan fingerprint density at radius 2 is 1.91 bits per heavy atom. The minimum absolute atomic E-state index is 0.795. The Morgan fingerprint density at radius 3 is 2.36 bits per heavy atom. The SMILES string of the molecule is C=C(CC(C)C)C1CCCC1. The zero-order valence-electron chi connectivity index (χ0n) is 7.90. The Morgan fingerprint density at radius 1 is 1.36 bits per heavy atom. The predicted octanol–water partition coefficient (Wildman–Crippen LogP) is 3.78. The molecule has 0 aromatic rings. The van der Waals surface area contributed by atoms with Crippen molar-refractivity contribution in [3.05, 3.63) is 12.2 Å². The molecule has 1 rings (SSSR count). The third-order valence-electron chi connectivity index (χ3n) is 2.60. The van der Waals surface area contributed by atoms with E-state index in [0.717, 1.165) is 11.8 Å². The molecule has 1 aliphatic carbocycles. The maximum atomic E-state index is 4.18. The second-order valence-corrected chi connectivity index (χ2v) is 4.24. The van der Waals surface area contributed by atoms with Crippen LogP contribution in [0.3, 0.4) is 0 Å². The van der Waals surface area contributed by atoms with Crippen LogP contribution in [0.2, 0.25) is 0 Å². The third-order valence-corrected chi connectivity index (χ3v) is 2.60. The predicted molar refractivity (Wildman–Crippen MR) is 50.6 cm³/mol. The number of hydrogen-bond donors (Lipinski definition) is 0. The topological polar surface area (TPSA) is 0 Å². The van der Waals surface area contributed by atoms with Gasteiger partial charge in [-0.25, -0.2) is 0 Å². The molecule has 0 bridgehead atoms. The van der Waals surface area contributed by atoms with E-state index in [0.29, 0.717) is 0 Å². The largest absolute Gasteiger partial charge is 0.0996 e. The van der Waals surface area contributed by atoms with Crippen LogP contribution in [0.5, 0.6) is 0 Å². The first kappa shape index (κ1) is 8.83. The van der Waals surface area contributed by atoms with Gasteiger partial charge in [-0.05, 0) is 31.1 Å². The van der Waals surface area contributed by atoms with E-state index < -0.39 is 0 Å². The molecule has 0 spiro atoms. The molecule has 0 aromatic heterocycles. The summed E-state index contributed by atoms with van der Waals surface area (Å²) < 4.78 is 0. The maximum absolute atomic E-state index is 4.18. The van der Waals surface area contributed by atoms with Gasteiger partial charge in [-0.15, -0.1) is 0 Å². The lowest BCUT2D eigenvalue weighted by Gasteiger charge is -2.14. The van der Waals surface area contributed by atoms with Gasteiger partial charge in [-0.3, -0.25) is 0 Å². The molecule has 0 N–H and O–H groups in total. The Balaban J connectivity index is 2.28. The van der Waals surface area contributed by atoms with Crippen molar-refractivity contribution in [1.82, 2.24) is 0 Å². The second-order valence-electron chi connectivity index (χ2n) is 4.24. The smallest absolute Gasteiger partial charge is 0.0206 e. The van der Waals surface area contributed by atoms with Gasteiger partial charge in [0.25, 0.3) is 0 Å². The highest BCUT2D eigenvalue weighted by molar-refractivity contribution is 5.02. The summed E-state index contributed by atoms with van der Waals surface area (Å²) in [5, 5.41) is 0. The van der Waals surface area contributed by atoms with Crippen molar-refractivity contribution >= 4 is 0 Å². The summed E-state index contributed by atoms with van der Waals surface area (Å²) in [7, 11) is 0. The fourth-order valence-corrected chi connectivity index (χ4v) is 2.03. The van der Waals surface area contributed by atoms with Crippen LogP contribution in [0.15, 0.2) is 12.2 Å². The zero-order chi connectivity index (χ0) is 8.27. The molecule has 0 heteroatoms. The summed E-state index contributed by atoms with van der Waals surface area (Å²) in [6.07, 6.45) is 6.92. The van der Waals surface area contributed by atoms with Gasteiger partial charge in [0.2, 0.25) is 0 Å². The molecular weight excluding hydrogens is 132 g/mol. The standard InChI is InChI=1S/C11H20/c1-9(2)8-10(3)11-6-4-5-7-11/h9,11H,3-8H2,1-2H3. The molecule has 0 nitrogen and oxygen atoms in total. The summed E-state index contributed by atoms with van der Waals surface area (Å²) in [6.45, 7) is 8.73. The van der Waals surface area contributed by atoms with Crippen LogP contribution in [-0.4, -0.2) is 0 Å². The van der Waals surface area contributed by atoms with E-state index in [-0.39, 0.29) is 0 Å². The van der Waals surface area contributed by atoms with E-state index in [1.165, 1.54) is 37.7 Å². The van der Waals surface area contributed by atoms with E-state index in [4.69, 9.17) is 0 Å². The lowest BCUT2D eigenvalue weighted by atomic mass is 9.92. The van der Waals surface area contributed by atoms with E-state index in [2.05, 4.69) is 20.4 Å². The average molecular weight is 152 g/mol. The molecular formula is C11H20. The molecule has 1 fully saturated rings. The third kappa shape index (κ3) is 2.69. The molecule has 0 saturated heterocycles. The molecule has 0 aromatic carbocycles. The fraction of sp³-hybridized carbons (Fsp3) is 0.818. The fourth-order valence-electron chi connectivity index (χ4n) is 2.03. The van der Waals surface area contributed by atoms with Crippen molar-refractivity contribution in [1.29, 1.82) is 0 Å². The van der Waals surface area contributed by atoms with Crippen molar-refractivity contribution < 1.29 is 0 Å². The minimum Gasteiger partial charge on any atom is -0.0996 e. The summed E-state index contributed by atoms with van der Waals surface area (Å²) in [5.74, 6) is 1.67. The Kier molecular flexibility index (Phi) is 3.16. The maximum Gasteiger partial charge on any atom is -0.0206 e. The van der Waals surface area contributed by atoms with Crippen LogP contribution in [0, 0.1) is 11.8 Å². The number of allylic oxidation sites excluding steroid dienone is 1. The van der Waals surface area contributed by atoms with Crippen molar-refractivity contribution in [3.63, 3.8) is 0 Å². The van der Waals surface area contributed by atoms with Gasteiger partial charge in [0.15, 0.2) is 0 Å². The van der Waals surface area contributed by atoms with E-state index in [1.54, 1.807) is 0 Å². The summed E-state index contributed by atoms with van der Waals surface area (Å²) >= 11 is 0. The van der Waals surface area contributed by atoms with Gasteiger partial charge in [0.05, 0.1) is 0 Å². The quantitative estimate of drug-likeness (QED) is 0.540. The first-order chi connectivity index (χ1) is 5.20. The second kappa shape index (κ2) is 3.94. The van der Waals surface area contributed by atoms with Gasteiger partial charge in [-0.1, -0.05) is 38.8 Å². The normalized spacial score (nSPS) is 19.5. The molecule has 0 unspecified atom stereocenters. The van der Waals surface area contributed by atoms with Crippen molar-refractivity contribution in [3.8, 4) is 0 Å². The molecule has 0 aliphatic heterocycles. The van der Waals surface area contributed by atoms with Crippen LogP contribution in [0.4, 0.5) is 0 Å². The molecule has 11 heavy (non-hydrogen) atoms. The zero-order valence-corrected chi connectivity index (χ0v) is 7.90. The lowest BCUT2D eigenvalue weighted by Crippen LogP contribution is -2.00. The molecule has 0 radical (unpaired) electrons. The van der Waals surface area contributed by atoms with Crippen LogP contribution >= 0.6 is 0 Å². The highest BCUT2D eigenvalue weighted by atomic mass is 14.2. The molecule has 0 heterocycles. The van der Waals surface area contributed by atoms with Crippen molar-refractivity contribution in [2.45, 2.75) is 46.0 Å². The summed E-state index contributed by atoms with van der Waals surface area (Å²) in [5.41, 5.74) is 1.51. The first-order valence-electron chi connectivity index (χ1n) is 4.88. The molecule has 1 saturated carbocycles. The Bertz CT molecular complexity index is 127. The molecule has 0 amide bonds. The van der Waals surface area contributed by atoms with E-state index in [1.807, 2.05) is 0 Å². The van der Waals surface area contributed by atoms with Crippen molar-refractivity contribution in [2.75, 3.05) is 0 Å². The van der Waals surface area contributed by atoms with Gasteiger partial charge in [0, 0.05) is 0 Å². The monoisotopic (exact) mass is 152 g/mol. The van der Waals surface area contributed by atoms with Gasteiger partial charge in [0.1, 0.15) is 0 Å². The average Bonchev–Trinajstić information content (AvgIpc) is 2.35. The summed E-state index contributed by atoms with van der Waals surface area (Å²) in [4.78, 5) is 0. The van der Waals surface area contributed by atoms with Crippen molar-refractivity contribution in [2.24, 2.45) is 11.8 Å². The molecule has 64 valence electrons. The summed E-state index contributed by atoms with van der Waals surface area (Å²) in [6, 6.07) is 0. The van der Waals surface area contributed by atoms with Crippen LogP contribution < -0.4 is 0 Å². The molecule has 0 atom stereocenters. The minimum atomic E-state index is 0.795. The lowest BCUT2D eigenvalue weighted by molar-refractivity contribution is 0.549. The first-order valence-corrected chi connectivity index (χ1v) is 4.88. The van der Waals surface area contributed by atoms with Gasteiger partial charge < -0.3 is 0 Å². The Labute approximate surface area is 70.7 Å². The van der Waals surface area contributed by atoms with Crippen LogP contribution in [-0.2, 0) is 0 Å². The van der Waals surface area contributed by atoms with E-state index in [9.17, 15) is 0 Å². The van der Waals surface area contributed by atoms with Crippen LogP contribution in [0.25, 0.3) is 0 Å². The van der Waals surface area contributed by atoms with Crippen LogP contribution in [0.1, 0.15) is 46.0 Å². The number of hydrogen-bond acceptors (Lipinski definition) is 0. The highest BCUT2D eigenvalue weighted by Crippen LogP contribution is 2.32. The molecule has 1 aliphatic rings. The van der Waals surface area contributed by atoms with Gasteiger partial charge >= 0.3 is 0 Å². The van der Waals surface area contributed by atoms with E-state index >= 15 is 0 Å². The van der Waals surface area contributed by atoms with Gasteiger partial charge in [-0.2, -0.15) is 0 Å². The Hall–Kier alpha value is -0.260.